The molecule has 230 valence electrons. The maximum atomic E-state index is 2.29. The van der Waals surface area contributed by atoms with Gasteiger partial charge in [0.15, 0.2) is 0 Å². The summed E-state index contributed by atoms with van der Waals surface area (Å²) >= 11 is 0. The molecule has 0 nitrogen and oxygen atoms in total. The van der Waals surface area contributed by atoms with E-state index in [0.29, 0.717) is 0 Å². The van der Waals surface area contributed by atoms with Crippen molar-refractivity contribution in [1.29, 1.82) is 0 Å². The van der Waals surface area contributed by atoms with Crippen LogP contribution in [0.3, 0.4) is 0 Å². The lowest BCUT2D eigenvalue weighted by molar-refractivity contribution is 1.29. The average Bonchev–Trinajstić information content (AvgIpc) is 3.13. The van der Waals surface area contributed by atoms with Crippen LogP contribution in [0.25, 0.3) is 0 Å². The molecule has 0 unspecified atom stereocenters. The molecule has 0 aliphatic heterocycles. The Kier molecular flexibility index (Phi) is 17.3. The van der Waals surface area contributed by atoms with Gasteiger partial charge in [-0.15, -0.1) is 0 Å². The quantitative estimate of drug-likeness (QED) is 0.227. The van der Waals surface area contributed by atoms with E-state index in [1.54, 1.807) is 5.46 Å². The molecule has 4 heteroatoms. The molecule has 0 aliphatic carbocycles. The predicted octanol–water partition coefficient (Wildman–Crippen LogP) is 4.73. The highest BCUT2D eigenvalue weighted by Gasteiger charge is 1.93. The lowest BCUT2D eigenvalue weighted by atomic mass is 9.65. The van der Waals surface area contributed by atoms with E-state index < -0.39 is 0 Å². The molecule has 0 radical (unpaired) electrons. The third-order valence-electron chi connectivity index (χ3n) is 8.98. The fourth-order valence-electron chi connectivity index (χ4n) is 5.80. The molecule has 0 aliphatic rings. The lowest BCUT2D eigenvalue weighted by Crippen LogP contribution is -2.16. The molecule has 0 aromatic heterocycles. The van der Waals surface area contributed by atoms with Crippen LogP contribution in [0, 0.1) is 6.92 Å². The Morgan fingerprint density at radius 3 is 1.07 bits per heavy atom. The largest absolute Gasteiger partial charge is 0.217 e. The third kappa shape index (κ3) is 15.2. The number of aryl methyl sites for hydroxylation is 1. The van der Waals surface area contributed by atoms with Crippen molar-refractivity contribution in [2.45, 2.75) is 33.2 Å². The monoisotopic (exact) mass is 586 g/mol. The van der Waals surface area contributed by atoms with Gasteiger partial charge in [0.25, 0.3) is 0 Å². The van der Waals surface area contributed by atoms with Crippen molar-refractivity contribution in [3.63, 3.8) is 0 Å². The van der Waals surface area contributed by atoms with Crippen LogP contribution in [0.15, 0.2) is 176 Å². The minimum absolute atomic E-state index is 0.00491. The van der Waals surface area contributed by atoms with Crippen LogP contribution >= 0.6 is 0 Å². The molecule has 0 amide bonds. The second kappa shape index (κ2) is 22.1. The fraction of sp³-hybridized carbons (Fsp3) is 0.122. The normalized spacial score (nSPS) is 9.76. The summed E-state index contributed by atoms with van der Waals surface area (Å²) in [6.07, 6.45) is 2.52. The summed E-state index contributed by atoms with van der Waals surface area (Å²) in [7, 11) is 0.402. The molecule has 0 spiro atoms. The zero-order valence-corrected chi connectivity index (χ0v) is 28.7. The van der Waals surface area contributed by atoms with Gasteiger partial charge in [-0.3, -0.25) is 0 Å². The Morgan fingerprint density at radius 2 is 0.689 bits per heavy atom. The third-order valence-corrected chi connectivity index (χ3v) is 8.98. The van der Waals surface area contributed by atoms with Crippen molar-refractivity contribution in [3.8, 4) is 0 Å². The van der Waals surface area contributed by atoms with Crippen LogP contribution in [0.1, 0.15) is 16.7 Å². The standard InChI is InChI=1S/C14H16B.C13H14B.2C7H10B/c1-12-7-5-6-8-13(12)11-15-14-9-3-2-4-10-14;1-3-7-12(8-4-1)11-14-13-9-5-2-6-10-13;2*1-8-7-5-3-2-4-6-7/h2-10H,11,15H2,1H3;1-10H,11,14H2;2*2-6H,8H2,1H3/q4*-1. The van der Waals surface area contributed by atoms with E-state index in [1.165, 1.54) is 45.7 Å². The van der Waals surface area contributed by atoms with E-state index >= 15 is 0 Å². The Morgan fingerprint density at radius 1 is 0.356 bits per heavy atom. The number of rotatable bonds is 8. The first-order chi connectivity index (χ1) is 22.2. The minimum atomic E-state index is -0.00491. The summed E-state index contributed by atoms with van der Waals surface area (Å²) in [5, 5.41) is 0. The molecule has 0 bridgehead atoms. The van der Waals surface area contributed by atoms with Crippen molar-refractivity contribution >= 4 is 51.0 Å². The molecular formula is C41H50B4-4. The molecule has 45 heavy (non-hydrogen) atoms. The predicted molar refractivity (Wildman–Crippen MR) is 215 cm³/mol. The first-order valence-electron chi connectivity index (χ1n) is 18.0. The molecule has 6 aromatic rings. The van der Waals surface area contributed by atoms with Crippen LogP contribution < -0.4 is 21.9 Å². The molecule has 6 aromatic carbocycles. The lowest BCUT2D eigenvalue weighted by Gasteiger charge is -2.10. The van der Waals surface area contributed by atoms with E-state index in [4.69, 9.17) is 0 Å². The molecule has 0 saturated carbocycles. The number of benzene rings is 6. The topological polar surface area (TPSA) is 0 Å². The van der Waals surface area contributed by atoms with Gasteiger partial charge in [0.1, 0.15) is 0 Å². The summed E-state index contributed by atoms with van der Waals surface area (Å²) in [4.78, 5) is 0. The summed E-state index contributed by atoms with van der Waals surface area (Å²) in [5.74, 6) is 0. The van der Waals surface area contributed by atoms with Crippen molar-refractivity contribution in [1.82, 2.24) is 0 Å². The van der Waals surface area contributed by atoms with Crippen molar-refractivity contribution in [2.24, 2.45) is 0 Å². The molecule has 6 rings (SSSR count). The van der Waals surface area contributed by atoms with Crippen LogP contribution in [0.5, 0.6) is 0 Å². The Balaban J connectivity index is 0.000000170. The summed E-state index contributed by atoms with van der Waals surface area (Å²) in [5.41, 5.74) is 10.6. The number of hydrogen-bond acceptors (Lipinski definition) is 0. The molecule has 0 atom stereocenters. The van der Waals surface area contributed by atoms with Gasteiger partial charge in [0, 0.05) is 14.6 Å². The molecule has 0 heterocycles. The van der Waals surface area contributed by atoms with Gasteiger partial charge in [-0.25, -0.2) is 21.9 Å². The highest BCUT2D eigenvalue weighted by molar-refractivity contribution is 6.53. The van der Waals surface area contributed by atoms with Crippen molar-refractivity contribution < 1.29 is 0 Å². The molecular weight excluding hydrogens is 536 g/mol. The van der Waals surface area contributed by atoms with Crippen LogP contribution in [0.4, 0.5) is 0 Å². The molecule has 0 fully saturated rings. The van der Waals surface area contributed by atoms with Gasteiger partial charge in [-0.1, -0.05) is 193 Å². The summed E-state index contributed by atoms with van der Waals surface area (Å²) in [6, 6.07) is 62.4. The Labute approximate surface area is 276 Å². The van der Waals surface area contributed by atoms with Crippen molar-refractivity contribution in [2.75, 3.05) is 0 Å². The fourth-order valence-corrected chi connectivity index (χ4v) is 5.80. The van der Waals surface area contributed by atoms with Crippen LogP contribution in [-0.4, -0.2) is 29.1 Å². The van der Waals surface area contributed by atoms with E-state index in [-0.39, 0.29) is 29.1 Å². The van der Waals surface area contributed by atoms with Gasteiger partial charge in [0.2, 0.25) is 0 Å². The Bertz CT molecular complexity index is 1460. The van der Waals surface area contributed by atoms with Crippen LogP contribution in [-0.2, 0) is 12.6 Å². The SMILES string of the molecule is C[BH2-]c1ccccc1.C[BH2-]c1ccccc1.Cc1ccccc1C[BH2-]c1ccccc1.[BH2-](Cc1ccccc1)c1ccccc1. The van der Waals surface area contributed by atoms with E-state index in [2.05, 4.69) is 196 Å². The van der Waals surface area contributed by atoms with Gasteiger partial charge in [0.05, 0.1) is 0 Å². The van der Waals surface area contributed by atoms with Gasteiger partial charge in [-0.2, -0.15) is 26.3 Å². The smallest absolute Gasteiger partial charge is 0.000581 e. The van der Waals surface area contributed by atoms with Crippen LogP contribution in [0.2, 0.25) is 13.6 Å². The number of hydrogen-bond donors (Lipinski definition) is 0. The first kappa shape index (κ1) is 35.1. The Hall–Kier alpha value is -4.42. The maximum Gasteiger partial charge on any atom is 0.000581 e. The minimum Gasteiger partial charge on any atom is -0.217 e. The highest BCUT2D eigenvalue weighted by Crippen LogP contribution is 2.06. The second-order valence-electron chi connectivity index (χ2n) is 12.4. The zero-order chi connectivity index (χ0) is 31.8. The molecule has 0 N–H and O–H groups in total. The van der Waals surface area contributed by atoms with E-state index in [1.807, 2.05) is 0 Å². The van der Waals surface area contributed by atoms with Crippen molar-refractivity contribution in [3.05, 3.63) is 193 Å². The average molecular weight is 586 g/mol. The zero-order valence-electron chi connectivity index (χ0n) is 28.7. The van der Waals surface area contributed by atoms with Gasteiger partial charge < -0.3 is 0 Å². The van der Waals surface area contributed by atoms with Gasteiger partial charge in [-0.05, 0) is 21.5 Å². The van der Waals surface area contributed by atoms with Gasteiger partial charge >= 0.3 is 0 Å². The highest BCUT2D eigenvalue weighted by atomic mass is 13.9. The molecule has 0 saturated heterocycles. The summed E-state index contributed by atoms with van der Waals surface area (Å²) < 4.78 is 0. The maximum absolute atomic E-state index is 2.29. The summed E-state index contributed by atoms with van der Waals surface area (Å²) in [6.45, 7) is 6.77. The van der Waals surface area contributed by atoms with E-state index in [9.17, 15) is 0 Å². The first-order valence-corrected chi connectivity index (χ1v) is 18.0. The second-order valence-corrected chi connectivity index (χ2v) is 12.4. The van der Waals surface area contributed by atoms with E-state index in [0.717, 1.165) is 0 Å².